The van der Waals surface area contributed by atoms with Gasteiger partial charge in [-0.25, -0.2) is 0 Å². The zero-order chi connectivity index (χ0) is 11.7. The van der Waals surface area contributed by atoms with Crippen LogP contribution in [-0.4, -0.2) is 33.3 Å². The minimum atomic E-state index is -0.289. The van der Waals surface area contributed by atoms with Crippen molar-refractivity contribution in [2.75, 3.05) is 21.3 Å². The van der Waals surface area contributed by atoms with Gasteiger partial charge in [0.25, 0.3) is 0 Å². The molecular weight excluding hydrogens is 200 g/mol. The van der Waals surface area contributed by atoms with Gasteiger partial charge >= 0.3 is 11.9 Å². The smallest absolute Gasteiger partial charge is 0.305 e. The third-order valence-electron chi connectivity index (χ3n) is 1.96. The highest BCUT2D eigenvalue weighted by Crippen LogP contribution is 2.17. The van der Waals surface area contributed by atoms with Crippen molar-refractivity contribution in [3.63, 3.8) is 0 Å². The fourth-order valence-electron chi connectivity index (χ4n) is 1.02. The predicted molar refractivity (Wildman–Crippen MR) is 52.8 cm³/mol. The fraction of sp³-hybridized carbons (Fsp3) is 0.700. The third-order valence-corrected chi connectivity index (χ3v) is 1.96. The average molecular weight is 217 g/mol. The zero-order valence-electron chi connectivity index (χ0n) is 9.37. The molecule has 0 aromatic heterocycles. The van der Waals surface area contributed by atoms with Gasteiger partial charge < -0.3 is 14.2 Å². The van der Waals surface area contributed by atoms with Crippen LogP contribution >= 0.6 is 0 Å². The number of hydrogen-bond donors (Lipinski definition) is 0. The topological polar surface area (TPSA) is 61.8 Å². The maximum Gasteiger partial charge on any atom is 0.305 e. The van der Waals surface area contributed by atoms with Crippen LogP contribution in [0.1, 0.15) is 25.7 Å². The van der Waals surface area contributed by atoms with Crippen LogP contribution < -0.4 is 0 Å². The second-order valence-corrected chi connectivity index (χ2v) is 2.90. The van der Waals surface area contributed by atoms with Crippen molar-refractivity contribution in [2.24, 2.45) is 0 Å². The highest BCUT2D eigenvalue weighted by Gasteiger charge is 2.13. The van der Waals surface area contributed by atoms with Crippen LogP contribution in [0.5, 0.6) is 0 Å². The van der Waals surface area contributed by atoms with Crippen LogP contribution in [0.3, 0.4) is 0 Å². The largest absolute Gasteiger partial charge is 0.469 e. The van der Waals surface area contributed by atoms with E-state index in [-0.39, 0.29) is 24.8 Å². The van der Waals surface area contributed by atoms with Gasteiger partial charge in [-0.3, -0.25) is 9.59 Å². The summed E-state index contributed by atoms with van der Waals surface area (Å²) >= 11 is 0. The summed E-state index contributed by atoms with van der Waals surface area (Å²) in [6.45, 7) is 0. The van der Waals surface area contributed by atoms with E-state index >= 15 is 0 Å². The molecule has 0 spiro atoms. The van der Waals surface area contributed by atoms with Crippen molar-refractivity contribution in [1.29, 1.82) is 0 Å². The molecular formula is C10H17O5. The summed E-state index contributed by atoms with van der Waals surface area (Å²) < 4.78 is 14.0. The number of carbonyl (C=O) groups excluding carboxylic acids is 2. The molecule has 5 nitrogen and oxygen atoms in total. The fourth-order valence-corrected chi connectivity index (χ4v) is 1.02. The third kappa shape index (κ3) is 6.90. The normalized spacial score (nSPS) is 10.1. The standard InChI is InChI=1S/C10H17O5/c1-13-8(4-6-9(11)14-2)5-7-10(12)15-3/h4-7H2,1-3H3. The minimum absolute atomic E-state index is 0.265. The lowest BCUT2D eigenvalue weighted by molar-refractivity contribution is -0.141. The number of rotatable bonds is 7. The van der Waals surface area contributed by atoms with Gasteiger partial charge in [-0.2, -0.15) is 0 Å². The number of carbonyl (C=O) groups is 2. The Morgan fingerprint density at radius 3 is 1.40 bits per heavy atom. The van der Waals surface area contributed by atoms with Gasteiger partial charge in [-0.05, 0) is 12.8 Å². The lowest BCUT2D eigenvalue weighted by Crippen LogP contribution is -2.09. The maximum atomic E-state index is 10.8. The quantitative estimate of drug-likeness (QED) is 0.597. The first-order valence-corrected chi connectivity index (χ1v) is 4.66. The summed E-state index contributed by atoms with van der Waals surface area (Å²) in [5.41, 5.74) is 0. The van der Waals surface area contributed by atoms with Gasteiger partial charge in [-0.1, -0.05) is 0 Å². The van der Waals surface area contributed by atoms with Gasteiger partial charge in [0.05, 0.1) is 20.3 Å². The first-order valence-electron chi connectivity index (χ1n) is 4.66. The Balaban J connectivity index is 3.73. The van der Waals surface area contributed by atoms with Gasteiger partial charge in [0, 0.05) is 20.0 Å². The molecule has 87 valence electrons. The molecule has 0 saturated heterocycles. The van der Waals surface area contributed by atoms with Crippen molar-refractivity contribution in [2.45, 2.75) is 25.7 Å². The number of ether oxygens (including phenoxy) is 3. The van der Waals surface area contributed by atoms with Crippen molar-refractivity contribution in [3.05, 3.63) is 6.10 Å². The molecule has 0 amide bonds. The van der Waals surface area contributed by atoms with Crippen LogP contribution in [0, 0.1) is 6.10 Å². The molecule has 0 aromatic rings. The summed E-state index contributed by atoms with van der Waals surface area (Å²) in [6.07, 6.45) is 2.17. The van der Waals surface area contributed by atoms with E-state index in [0.717, 1.165) is 0 Å². The van der Waals surface area contributed by atoms with Crippen molar-refractivity contribution < 1.29 is 23.8 Å². The molecule has 0 aromatic carbocycles. The molecule has 0 aliphatic heterocycles. The first kappa shape index (κ1) is 13.9. The molecule has 0 unspecified atom stereocenters. The number of esters is 2. The van der Waals surface area contributed by atoms with Gasteiger partial charge in [0.1, 0.15) is 0 Å². The van der Waals surface area contributed by atoms with Gasteiger partial charge in [-0.15, -0.1) is 0 Å². The summed E-state index contributed by atoms with van der Waals surface area (Å²) in [4.78, 5) is 21.7. The Bertz CT molecular complexity index is 182. The van der Waals surface area contributed by atoms with E-state index < -0.39 is 0 Å². The van der Waals surface area contributed by atoms with E-state index in [9.17, 15) is 9.59 Å². The van der Waals surface area contributed by atoms with Crippen LogP contribution in [0.4, 0.5) is 0 Å². The second kappa shape index (κ2) is 8.23. The van der Waals surface area contributed by atoms with Crippen LogP contribution in [-0.2, 0) is 23.8 Å². The lowest BCUT2D eigenvalue weighted by Gasteiger charge is -2.12. The molecule has 0 atom stereocenters. The Labute approximate surface area is 89.7 Å². The van der Waals surface area contributed by atoms with Gasteiger partial charge in [0.15, 0.2) is 0 Å². The molecule has 0 saturated carbocycles. The molecule has 0 aliphatic carbocycles. The Kier molecular flexibility index (Phi) is 7.62. The van der Waals surface area contributed by atoms with Crippen LogP contribution in [0.2, 0.25) is 0 Å². The van der Waals surface area contributed by atoms with Gasteiger partial charge in [0.2, 0.25) is 0 Å². The summed E-state index contributed by atoms with van der Waals surface area (Å²) in [7, 11) is 4.19. The summed E-state index contributed by atoms with van der Waals surface area (Å²) in [6, 6.07) is 0. The molecule has 0 N–H and O–H groups in total. The van der Waals surface area contributed by atoms with E-state index in [0.29, 0.717) is 18.9 Å². The lowest BCUT2D eigenvalue weighted by atomic mass is 10.1. The monoisotopic (exact) mass is 217 g/mol. The molecule has 5 heteroatoms. The van der Waals surface area contributed by atoms with E-state index in [1.165, 1.54) is 21.3 Å². The van der Waals surface area contributed by atoms with E-state index in [1.807, 2.05) is 0 Å². The second-order valence-electron chi connectivity index (χ2n) is 2.90. The van der Waals surface area contributed by atoms with E-state index in [4.69, 9.17) is 4.74 Å². The molecule has 15 heavy (non-hydrogen) atoms. The summed E-state index contributed by atoms with van der Waals surface area (Å²) in [5, 5.41) is 0. The van der Waals surface area contributed by atoms with Crippen molar-refractivity contribution in [3.8, 4) is 0 Å². The highest BCUT2D eigenvalue weighted by molar-refractivity contribution is 5.70. The SMILES string of the molecule is CO[C](CCC(=O)OC)CCC(=O)OC. The number of methoxy groups -OCH3 is 3. The highest BCUT2D eigenvalue weighted by atomic mass is 16.5. The molecule has 0 heterocycles. The van der Waals surface area contributed by atoms with Crippen LogP contribution in [0.25, 0.3) is 0 Å². The summed E-state index contributed by atoms with van der Waals surface area (Å²) in [5.74, 6) is -0.578. The van der Waals surface area contributed by atoms with Crippen molar-refractivity contribution in [1.82, 2.24) is 0 Å². The Morgan fingerprint density at radius 2 is 1.13 bits per heavy atom. The molecule has 0 rings (SSSR count). The minimum Gasteiger partial charge on any atom is -0.469 e. The van der Waals surface area contributed by atoms with Crippen molar-refractivity contribution >= 4 is 11.9 Å². The molecule has 0 fully saturated rings. The van der Waals surface area contributed by atoms with E-state index in [2.05, 4.69) is 9.47 Å². The zero-order valence-corrected chi connectivity index (χ0v) is 9.37. The average Bonchev–Trinajstić information content (AvgIpc) is 2.28. The maximum absolute atomic E-state index is 10.8. The Hall–Kier alpha value is -1.10. The first-order chi connectivity index (χ1) is 7.13. The Morgan fingerprint density at radius 1 is 0.733 bits per heavy atom. The van der Waals surface area contributed by atoms with E-state index in [1.54, 1.807) is 0 Å². The predicted octanol–water partition coefficient (Wildman–Crippen LogP) is 1.07. The van der Waals surface area contributed by atoms with Crippen LogP contribution in [0.15, 0.2) is 0 Å². The molecule has 0 bridgehead atoms. The molecule has 1 radical (unpaired) electrons. The molecule has 0 aliphatic rings. The number of hydrogen-bond acceptors (Lipinski definition) is 5.